The summed E-state index contributed by atoms with van der Waals surface area (Å²) in [4.78, 5) is 33.4. The molecule has 2 saturated heterocycles. The standard InChI is InChI=1S/C18H19FN4O2/c19-12-5-2-1-4-11(12)14-10-20-17(22-14)15-6-3-9-23(15)18(25)13-7-8-16(24)21-13/h1-2,4-5,10,13,15H,3,6-9H2,(H,20,22)(H,21,24)/t13-,15-/m1/s1. The number of benzene rings is 1. The second-order valence-corrected chi connectivity index (χ2v) is 6.51. The van der Waals surface area contributed by atoms with Gasteiger partial charge in [-0.05, 0) is 31.4 Å². The van der Waals surface area contributed by atoms with Gasteiger partial charge in [0, 0.05) is 18.5 Å². The molecule has 130 valence electrons. The number of carbonyl (C=O) groups is 2. The maximum Gasteiger partial charge on any atom is 0.245 e. The quantitative estimate of drug-likeness (QED) is 0.897. The predicted molar refractivity (Wildman–Crippen MR) is 88.8 cm³/mol. The van der Waals surface area contributed by atoms with Crippen LogP contribution in [0.1, 0.15) is 37.5 Å². The summed E-state index contributed by atoms with van der Waals surface area (Å²) in [5.41, 5.74) is 1.06. The summed E-state index contributed by atoms with van der Waals surface area (Å²) in [6.45, 7) is 0.644. The molecule has 6 nitrogen and oxygen atoms in total. The van der Waals surface area contributed by atoms with Gasteiger partial charge >= 0.3 is 0 Å². The van der Waals surface area contributed by atoms with Gasteiger partial charge in [-0.1, -0.05) is 12.1 Å². The monoisotopic (exact) mass is 342 g/mol. The van der Waals surface area contributed by atoms with Gasteiger partial charge in [0.15, 0.2) is 0 Å². The number of rotatable bonds is 3. The van der Waals surface area contributed by atoms with E-state index < -0.39 is 6.04 Å². The molecule has 0 saturated carbocycles. The number of nitrogens with zero attached hydrogens (tertiary/aromatic N) is 2. The zero-order valence-electron chi connectivity index (χ0n) is 13.7. The van der Waals surface area contributed by atoms with E-state index in [4.69, 9.17) is 0 Å². The molecule has 2 fully saturated rings. The number of nitrogens with one attached hydrogen (secondary N) is 2. The highest BCUT2D eigenvalue weighted by Gasteiger charge is 2.38. The molecule has 3 heterocycles. The number of aromatic nitrogens is 2. The first-order chi connectivity index (χ1) is 12.1. The molecule has 25 heavy (non-hydrogen) atoms. The molecule has 2 aliphatic heterocycles. The molecule has 2 aromatic rings. The normalized spacial score (nSPS) is 23.1. The van der Waals surface area contributed by atoms with Gasteiger partial charge < -0.3 is 15.2 Å². The third-order valence-electron chi connectivity index (χ3n) is 4.90. The summed E-state index contributed by atoms with van der Waals surface area (Å²) in [5, 5.41) is 2.73. The Kier molecular flexibility index (Phi) is 3.99. The van der Waals surface area contributed by atoms with Crippen LogP contribution in [0.3, 0.4) is 0 Å². The topological polar surface area (TPSA) is 78.1 Å². The van der Waals surface area contributed by atoms with Gasteiger partial charge in [0.1, 0.15) is 17.7 Å². The maximum absolute atomic E-state index is 14.0. The van der Waals surface area contributed by atoms with Crippen molar-refractivity contribution in [1.29, 1.82) is 0 Å². The predicted octanol–water partition coefficient (Wildman–Crippen LogP) is 2.16. The minimum atomic E-state index is -0.436. The maximum atomic E-state index is 14.0. The van der Waals surface area contributed by atoms with Crippen LogP contribution < -0.4 is 5.32 Å². The number of H-pyrrole nitrogens is 1. The molecule has 2 atom stereocenters. The Hall–Kier alpha value is -2.70. The average molecular weight is 342 g/mol. The summed E-state index contributed by atoms with van der Waals surface area (Å²) in [6, 6.07) is 5.92. The average Bonchev–Trinajstić information content (AvgIpc) is 3.34. The lowest BCUT2D eigenvalue weighted by Gasteiger charge is -2.26. The van der Waals surface area contributed by atoms with Crippen LogP contribution in [0.4, 0.5) is 4.39 Å². The Balaban J connectivity index is 1.56. The zero-order valence-corrected chi connectivity index (χ0v) is 13.7. The molecule has 1 aromatic carbocycles. The lowest BCUT2D eigenvalue weighted by Crippen LogP contribution is -2.44. The second kappa shape index (κ2) is 6.31. The smallest absolute Gasteiger partial charge is 0.245 e. The minimum absolute atomic E-state index is 0.0582. The Morgan fingerprint density at radius 3 is 2.88 bits per heavy atom. The molecule has 0 aliphatic carbocycles. The first-order valence-electron chi connectivity index (χ1n) is 8.53. The third-order valence-corrected chi connectivity index (χ3v) is 4.90. The highest BCUT2D eigenvalue weighted by Crippen LogP contribution is 2.33. The Labute approximate surface area is 144 Å². The largest absolute Gasteiger partial charge is 0.344 e. The van der Waals surface area contributed by atoms with E-state index in [9.17, 15) is 14.0 Å². The van der Waals surface area contributed by atoms with Gasteiger partial charge in [-0.25, -0.2) is 9.37 Å². The molecule has 4 rings (SSSR count). The number of amides is 2. The first-order valence-corrected chi connectivity index (χ1v) is 8.53. The molecule has 0 bridgehead atoms. The molecule has 0 radical (unpaired) electrons. The van der Waals surface area contributed by atoms with Gasteiger partial charge in [0.2, 0.25) is 11.8 Å². The van der Waals surface area contributed by atoms with E-state index in [1.54, 1.807) is 29.3 Å². The van der Waals surface area contributed by atoms with E-state index in [1.165, 1.54) is 6.07 Å². The molecule has 1 aromatic heterocycles. The summed E-state index contributed by atoms with van der Waals surface area (Å²) in [7, 11) is 0. The highest BCUT2D eigenvalue weighted by molar-refractivity contribution is 5.91. The molecular weight excluding hydrogens is 323 g/mol. The summed E-state index contributed by atoms with van der Waals surface area (Å²) < 4.78 is 14.0. The number of imidazole rings is 1. The molecule has 0 spiro atoms. The van der Waals surface area contributed by atoms with Crippen molar-refractivity contribution in [1.82, 2.24) is 20.2 Å². The molecule has 7 heteroatoms. The Bertz CT molecular complexity index is 819. The summed E-state index contributed by atoms with van der Waals surface area (Å²) in [6.07, 6.45) is 4.22. The van der Waals surface area contributed by atoms with Crippen molar-refractivity contribution in [2.75, 3.05) is 6.54 Å². The van der Waals surface area contributed by atoms with Gasteiger partial charge in [-0.2, -0.15) is 0 Å². The van der Waals surface area contributed by atoms with E-state index in [0.29, 0.717) is 36.5 Å². The van der Waals surface area contributed by atoms with Crippen molar-refractivity contribution in [2.24, 2.45) is 0 Å². The van der Waals surface area contributed by atoms with Crippen molar-refractivity contribution < 1.29 is 14.0 Å². The first kappa shape index (κ1) is 15.8. The van der Waals surface area contributed by atoms with E-state index in [1.807, 2.05) is 0 Å². The van der Waals surface area contributed by atoms with E-state index in [-0.39, 0.29) is 23.7 Å². The van der Waals surface area contributed by atoms with E-state index in [0.717, 1.165) is 12.8 Å². The Morgan fingerprint density at radius 1 is 1.28 bits per heavy atom. The SMILES string of the molecule is O=C1CC[C@H](C(=O)N2CCC[C@@H]2c2ncc(-c3ccccc3F)[nH]2)N1. The number of hydrogen-bond donors (Lipinski definition) is 2. The molecule has 0 unspecified atom stereocenters. The fourth-order valence-corrected chi connectivity index (χ4v) is 3.64. The number of aromatic amines is 1. The lowest BCUT2D eigenvalue weighted by molar-refractivity contribution is -0.135. The Morgan fingerprint density at radius 2 is 2.12 bits per heavy atom. The molecule has 2 aliphatic rings. The van der Waals surface area contributed by atoms with Crippen molar-refractivity contribution in [3.05, 3.63) is 42.1 Å². The second-order valence-electron chi connectivity index (χ2n) is 6.51. The fraction of sp³-hybridized carbons (Fsp3) is 0.389. The van der Waals surface area contributed by atoms with Crippen LogP contribution in [0, 0.1) is 5.82 Å². The number of halogens is 1. The van der Waals surface area contributed by atoms with Crippen molar-refractivity contribution in [3.63, 3.8) is 0 Å². The number of likely N-dealkylation sites (tertiary alicyclic amines) is 1. The molecule has 2 N–H and O–H groups in total. The van der Waals surface area contributed by atoms with Crippen molar-refractivity contribution >= 4 is 11.8 Å². The van der Waals surface area contributed by atoms with Gasteiger partial charge in [0.25, 0.3) is 0 Å². The van der Waals surface area contributed by atoms with Crippen LogP contribution in [0.25, 0.3) is 11.3 Å². The van der Waals surface area contributed by atoms with Crippen LogP contribution in [0.15, 0.2) is 30.5 Å². The summed E-state index contributed by atoms with van der Waals surface area (Å²) in [5.74, 6) is 0.213. The zero-order chi connectivity index (χ0) is 17.4. The van der Waals surface area contributed by atoms with Gasteiger partial charge in [0.05, 0.1) is 17.9 Å². The minimum Gasteiger partial charge on any atom is -0.344 e. The number of hydrogen-bond acceptors (Lipinski definition) is 3. The van der Waals surface area contributed by atoms with E-state index in [2.05, 4.69) is 15.3 Å². The van der Waals surface area contributed by atoms with Crippen molar-refractivity contribution in [3.8, 4) is 11.3 Å². The van der Waals surface area contributed by atoms with Crippen LogP contribution in [-0.2, 0) is 9.59 Å². The van der Waals surface area contributed by atoms with Crippen LogP contribution in [-0.4, -0.2) is 39.3 Å². The van der Waals surface area contributed by atoms with Crippen LogP contribution >= 0.6 is 0 Å². The van der Waals surface area contributed by atoms with Crippen LogP contribution in [0.5, 0.6) is 0 Å². The molecule has 2 amide bonds. The van der Waals surface area contributed by atoms with E-state index >= 15 is 0 Å². The third kappa shape index (κ3) is 2.90. The highest BCUT2D eigenvalue weighted by atomic mass is 19.1. The number of carbonyl (C=O) groups excluding carboxylic acids is 2. The lowest BCUT2D eigenvalue weighted by atomic mass is 10.1. The summed E-state index contributed by atoms with van der Waals surface area (Å²) >= 11 is 0. The van der Waals surface area contributed by atoms with Crippen molar-refractivity contribution in [2.45, 2.75) is 37.8 Å². The van der Waals surface area contributed by atoms with Crippen LogP contribution in [0.2, 0.25) is 0 Å². The molecular formula is C18H19FN4O2. The van der Waals surface area contributed by atoms with Gasteiger partial charge in [-0.15, -0.1) is 0 Å². The van der Waals surface area contributed by atoms with Gasteiger partial charge in [-0.3, -0.25) is 9.59 Å². The fourth-order valence-electron chi connectivity index (χ4n) is 3.64.